The number of carbonyl (C=O) groups excluding carboxylic acids is 1. The standard InChI is InChI=1S/C23H25FN2O3/c1-28-23(27)29-14-6-5-12-26(17-18-7-3-2-4-8-18)13-11-19-16-25-22-10-9-20(24)15-21(19)22/h2-10,15-16,25H,11-14,17H2,1H3/b6-5+. The molecule has 0 atom stereocenters. The van der Waals surface area contributed by atoms with E-state index >= 15 is 0 Å². The molecule has 0 saturated carbocycles. The van der Waals surface area contributed by atoms with Crippen molar-refractivity contribution in [1.82, 2.24) is 9.88 Å². The van der Waals surface area contributed by atoms with E-state index in [1.807, 2.05) is 30.5 Å². The van der Waals surface area contributed by atoms with Crippen LogP contribution in [0.15, 0.2) is 66.9 Å². The number of carbonyl (C=O) groups is 1. The van der Waals surface area contributed by atoms with Gasteiger partial charge in [0.05, 0.1) is 7.11 Å². The number of aromatic nitrogens is 1. The third-order valence-electron chi connectivity index (χ3n) is 4.67. The summed E-state index contributed by atoms with van der Waals surface area (Å²) in [6.45, 7) is 2.48. The molecular weight excluding hydrogens is 371 g/mol. The summed E-state index contributed by atoms with van der Waals surface area (Å²) in [5, 5.41) is 0.923. The summed E-state index contributed by atoms with van der Waals surface area (Å²) in [5.74, 6) is -0.229. The highest BCUT2D eigenvalue weighted by molar-refractivity contribution is 5.83. The largest absolute Gasteiger partial charge is 0.508 e. The summed E-state index contributed by atoms with van der Waals surface area (Å²) < 4.78 is 22.9. The van der Waals surface area contributed by atoms with E-state index < -0.39 is 6.16 Å². The Morgan fingerprint density at radius 1 is 1.17 bits per heavy atom. The molecule has 5 nitrogen and oxygen atoms in total. The molecule has 1 heterocycles. The monoisotopic (exact) mass is 396 g/mol. The maximum Gasteiger partial charge on any atom is 0.508 e. The highest BCUT2D eigenvalue weighted by Gasteiger charge is 2.09. The van der Waals surface area contributed by atoms with Gasteiger partial charge >= 0.3 is 6.16 Å². The van der Waals surface area contributed by atoms with Gasteiger partial charge in [0.25, 0.3) is 0 Å². The zero-order valence-corrected chi connectivity index (χ0v) is 16.4. The maximum absolute atomic E-state index is 13.6. The molecule has 29 heavy (non-hydrogen) atoms. The molecule has 3 aromatic rings. The Kier molecular flexibility index (Phi) is 7.41. The van der Waals surface area contributed by atoms with Gasteiger partial charge in [-0.25, -0.2) is 9.18 Å². The lowest BCUT2D eigenvalue weighted by atomic mass is 10.1. The van der Waals surface area contributed by atoms with E-state index in [1.165, 1.54) is 18.7 Å². The molecule has 0 spiro atoms. The van der Waals surface area contributed by atoms with Crippen LogP contribution in [0.25, 0.3) is 10.9 Å². The molecular formula is C23H25FN2O3. The number of H-pyrrole nitrogens is 1. The molecule has 0 amide bonds. The van der Waals surface area contributed by atoms with E-state index in [1.54, 1.807) is 18.2 Å². The molecule has 0 aliphatic rings. The smallest absolute Gasteiger partial charge is 0.438 e. The van der Waals surface area contributed by atoms with Crippen LogP contribution < -0.4 is 0 Å². The molecule has 2 aromatic carbocycles. The molecule has 1 aromatic heterocycles. The number of rotatable bonds is 9. The van der Waals surface area contributed by atoms with Gasteiger partial charge in [-0.1, -0.05) is 36.4 Å². The third-order valence-corrected chi connectivity index (χ3v) is 4.67. The number of fused-ring (bicyclic) bond motifs is 1. The number of hydrogen-bond acceptors (Lipinski definition) is 4. The summed E-state index contributed by atoms with van der Waals surface area (Å²) in [5.41, 5.74) is 3.25. The van der Waals surface area contributed by atoms with Crippen LogP contribution in [0.4, 0.5) is 9.18 Å². The van der Waals surface area contributed by atoms with Crippen LogP contribution in [-0.2, 0) is 22.4 Å². The van der Waals surface area contributed by atoms with Crippen LogP contribution in [0.1, 0.15) is 11.1 Å². The number of methoxy groups -OCH3 is 1. The average molecular weight is 396 g/mol. The molecule has 0 fully saturated rings. The van der Waals surface area contributed by atoms with Gasteiger partial charge in [0.1, 0.15) is 12.4 Å². The van der Waals surface area contributed by atoms with Crippen molar-refractivity contribution in [3.63, 3.8) is 0 Å². The van der Waals surface area contributed by atoms with Crippen molar-refractivity contribution in [2.24, 2.45) is 0 Å². The number of nitrogens with one attached hydrogen (secondary N) is 1. The molecule has 0 saturated heterocycles. The minimum absolute atomic E-state index is 0.174. The molecule has 0 radical (unpaired) electrons. The number of benzene rings is 2. The Labute approximate surface area is 169 Å². The van der Waals surface area contributed by atoms with Gasteiger partial charge in [-0.3, -0.25) is 4.90 Å². The zero-order valence-electron chi connectivity index (χ0n) is 16.4. The van der Waals surface area contributed by atoms with Crippen LogP contribution in [0.2, 0.25) is 0 Å². The first kappa shape index (κ1) is 20.6. The molecule has 152 valence electrons. The fourth-order valence-electron chi connectivity index (χ4n) is 3.18. The van der Waals surface area contributed by atoms with Gasteiger partial charge in [-0.05, 0) is 41.8 Å². The summed E-state index contributed by atoms with van der Waals surface area (Å²) >= 11 is 0. The number of aromatic amines is 1. The summed E-state index contributed by atoms with van der Waals surface area (Å²) in [6, 6.07) is 15.0. The quantitative estimate of drug-likeness (QED) is 0.421. The van der Waals surface area contributed by atoms with E-state index in [-0.39, 0.29) is 12.4 Å². The van der Waals surface area contributed by atoms with Gasteiger partial charge in [-0.15, -0.1) is 0 Å². The first-order valence-electron chi connectivity index (χ1n) is 9.53. The highest BCUT2D eigenvalue weighted by atomic mass is 19.1. The second-order valence-electron chi connectivity index (χ2n) is 6.71. The molecule has 6 heteroatoms. The van der Waals surface area contributed by atoms with Crippen molar-refractivity contribution >= 4 is 17.1 Å². The highest BCUT2D eigenvalue weighted by Crippen LogP contribution is 2.20. The van der Waals surface area contributed by atoms with Gasteiger partial charge in [0, 0.05) is 36.7 Å². The lowest BCUT2D eigenvalue weighted by Crippen LogP contribution is -2.26. The van der Waals surface area contributed by atoms with Crippen LogP contribution in [-0.4, -0.2) is 42.8 Å². The maximum atomic E-state index is 13.6. The Balaban J connectivity index is 1.63. The summed E-state index contributed by atoms with van der Waals surface area (Å²) in [6.07, 6.45) is 5.83. The fourth-order valence-corrected chi connectivity index (χ4v) is 3.18. The average Bonchev–Trinajstić information content (AvgIpc) is 3.14. The van der Waals surface area contributed by atoms with E-state index in [0.29, 0.717) is 6.54 Å². The summed E-state index contributed by atoms with van der Waals surface area (Å²) in [4.78, 5) is 16.5. The Hall–Kier alpha value is -3.12. The normalized spacial score (nSPS) is 11.4. The molecule has 0 aliphatic carbocycles. The van der Waals surface area contributed by atoms with Gasteiger partial charge in [0.15, 0.2) is 0 Å². The van der Waals surface area contributed by atoms with Crippen LogP contribution >= 0.6 is 0 Å². The van der Waals surface area contributed by atoms with Crippen LogP contribution in [0, 0.1) is 5.82 Å². The van der Waals surface area contributed by atoms with Crippen molar-refractivity contribution < 1.29 is 18.7 Å². The van der Waals surface area contributed by atoms with Crippen molar-refractivity contribution in [1.29, 1.82) is 0 Å². The Morgan fingerprint density at radius 3 is 2.79 bits per heavy atom. The molecule has 3 rings (SSSR count). The minimum atomic E-state index is -0.692. The minimum Gasteiger partial charge on any atom is -0.438 e. The lowest BCUT2D eigenvalue weighted by Gasteiger charge is -2.21. The van der Waals surface area contributed by atoms with Crippen LogP contribution in [0.3, 0.4) is 0 Å². The van der Waals surface area contributed by atoms with Crippen molar-refractivity contribution in [3.05, 3.63) is 83.8 Å². The third kappa shape index (κ3) is 6.19. The number of ether oxygens (including phenoxy) is 2. The predicted molar refractivity (Wildman–Crippen MR) is 111 cm³/mol. The SMILES string of the molecule is COC(=O)OC/C=C/CN(CCc1c[nH]c2ccc(F)cc12)Cc1ccccc1. The van der Waals surface area contributed by atoms with E-state index in [0.717, 1.165) is 36.0 Å². The van der Waals surface area contributed by atoms with Crippen molar-refractivity contribution in [2.75, 3.05) is 26.8 Å². The first-order valence-corrected chi connectivity index (χ1v) is 9.53. The van der Waals surface area contributed by atoms with Gasteiger partial charge < -0.3 is 14.5 Å². The van der Waals surface area contributed by atoms with E-state index in [4.69, 9.17) is 4.74 Å². The second kappa shape index (κ2) is 10.4. The second-order valence-corrected chi connectivity index (χ2v) is 6.71. The van der Waals surface area contributed by atoms with Crippen molar-refractivity contribution in [2.45, 2.75) is 13.0 Å². The van der Waals surface area contributed by atoms with Crippen LogP contribution in [0.5, 0.6) is 0 Å². The lowest BCUT2D eigenvalue weighted by molar-refractivity contribution is 0.0817. The molecule has 1 N–H and O–H groups in total. The summed E-state index contributed by atoms with van der Waals surface area (Å²) in [7, 11) is 1.28. The van der Waals surface area contributed by atoms with Gasteiger partial charge in [-0.2, -0.15) is 0 Å². The van der Waals surface area contributed by atoms with Crippen molar-refractivity contribution in [3.8, 4) is 0 Å². The molecule has 0 aliphatic heterocycles. The predicted octanol–water partition coefficient (Wildman–Crippen LogP) is 4.69. The number of halogens is 1. The Bertz CT molecular complexity index is 953. The van der Waals surface area contributed by atoms with E-state index in [9.17, 15) is 9.18 Å². The zero-order chi connectivity index (χ0) is 20.5. The topological polar surface area (TPSA) is 54.6 Å². The first-order chi connectivity index (χ1) is 14.2. The number of nitrogens with zero attached hydrogens (tertiary/aromatic N) is 1. The molecule has 0 unspecified atom stereocenters. The number of hydrogen-bond donors (Lipinski definition) is 1. The van der Waals surface area contributed by atoms with E-state index in [2.05, 4.69) is 26.8 Å². The molecule has 0 bridgehead atoms. The Morgan fingerprint density at radius 2 is 2.00 bits per heavy atom. The fraction of sp³-hybridized carbons (Fsp3) is 0.261. The van der Waals surface area contributed by atoms with Gasteiger partial charge in [0.2, 0.25) is 0 Å².